The normalized spacial score (nSPS) is 11.3. The Bertz CT molecular complexity index is 1550. The number of anilines is 1. The number of aromatic nitrogens is 5. The van der Waals surface area contributed by atoms with Crippen LogP contribution < -0.4 is 5.73 Å². The second-order valence-electron chi connectivity index (χ2n) is 7.35. The highest BCUT2D eigenvalue weighted by atomic mass is 127. The number of rotatable bonds is 5. The molecular formula is C24H16F3IN6. The number of hydrogen-bond donors (Lipinski definition) is 1. The molecule has 0 fully saturated rings. The van der Waals surface area contributed by atoms with Gasteiger partial charge in [-0.2, -0.15) is 0 Å². The fraction of sp³-hybridized carbons (Fsp3) is 0.0417. The van der Waals surface area contributed by atoms with E-state index in [0.717, 1.165) is 17.7 Å². The maximum Gasteiger partial charge on any atom is 0.182 e. The number of nitrogens with two attached hydrogens (primary N) is 1. The second-order valence-corrected chi connectivity index (χ2v) is 9.19. The van der Waals surface area contributed by atoms with Crippen LogP contribution in [-0.2, 0) is 6.42 Å². The van der Waals surface area contributed by atoms with Crippen LogP contribution in [0.3, 0.4) is 0 Å². The van der Waals surface area contributed by atoms with E-state index in [4.69, 9.17) is 5.73 Å². The summed E-state index contributed by atoms with van der Waals surface area (Å²) < 4.78 is 48.6. The predicted molar refractivity (Wildman–Crippen MR) is 133 cm³/mol. The van der Waals surface area contributed by atoms with Gasteiger partial charge >= 0.3 is 0 Å². The van der Waals surface area contributed by atoms with E-state index in [-0.39, 0.29) is 27.2 Å². The van der Waals surface area contributed by atoms with Gasteiger partial charge in [-0.3, -0.25) is 9.38 Å². The fourth-order valence-corrected chi connectivity index (χ4v) is 5.15. The van der Waals surface area contributed by atoms with Crippen molar-refractivity contribution in [1.82, 2.24) is 24.3 Å². The number of fused-ring (bicyclic) bond motifs is 1. The molecule has 4 heterocycles. The average Bonchev–Trinajstić information content (AvgIpc) is 3.19. The molecule has 34 heavy (non-hydrogen) atoms. The lowest BCUT2D eigenvalue weighted by molar-refractivity contribution is 0.579. The Labute approximate surface area is 202 Å². The Balaban J connectivity index is 1.65. The first-order valence-corrected chi connectivity index (χ1v) is 12.6. The summed E-state index contributed by atoms with van der Waals surface area (Å²) in [4.78, 5) is 17.5. The van der Waals surface area contributed by atoms with Crippen molar-refractivity contribution in [2.24, 2.45) is 0 Å². The standard InChI is InChI=1S/C24H16F3IN6/c1-28-21-15(17(26)5-6-18(21)27)9-20-32-22(19-7-4-14(25)12-34(19)20)24-31-11-16(23(29)33-24)13-3-2-8-30-10-13/h2-8,10-12H,1,9H2,(H2,29,31,33). The largest absolute Gasteiger partial charge is 0.383 e. The van der Waals surface area contributed by atoms with E-state index in [0.29, 0.717) is 22.6 Å². The monoisotopic (exact) mass is 572 g/mol. The molecule has 0 aliphatic rings. The lowest BCUT2D eigenvalue weighted by atomic mass is 10.1. The van der Waals surface area contributed by atoms with Crippen molar-refractivity contribution < 1.29 is 13.2 Å². The number of hydrogen-bond acceptors (Lipinski definition) is 5. The van der Waals surface area contributed by atoms with Crippen LogP contribution in [0.2, 0.25) is 0 Å². The molecule has 0 saturated carbocycles. The van der Waals surface area contributed by atoms with Crippen molar-refractivity contribution in [1.29, 1.82) is 0 Å². The van der Waals surface area contributed by atoms with Gasteiger partial charge in [0.05, 0.1) is 5.52 Å². The number of imidazole rings is 1. The van der Waals surface area contributed by atoms with Gasteiger partial charge in [0.15, 0.2) is 5.82 Å². The van der Waals surface area contributed by atoms with Crippen molar-refractivity contribution in [3.8, 4) is 22.6 Å². The molecule has 0 aliphatic heterocycles. The average molecular weight is 572 g/mol. The quantitative estimate of drug-likeness (QED) is 0.237. The molecule has 0 unspecified atom stereocenters. The second kappa shape index (κ2) is 8.93. The van der Waals surface area contributed by atoms with Gasteiger partial charge in [0.1, 0.15) is 34.8 Å². The third-order valence-electron chi connectivity index (χ3n) is 5.28. The van der Waals surface area contributed by atoms with Gasteiger partial charge in [-0.1, -0.05) is 31.3 Å². The fourth-order valence-electron chi connectivity index (χ4n) is 3.70. The van der Waals surface area contributed by atoms with Crippen molar-refractivity contribution in [3.05, 3.63) is 93.6 Å². The van der Waals surface area contributed by atoms with E-state index < -0.39 is 38.2 Å². The van der Waals surface area contributed by atoms with Gasteiger partial charge in [0, 0.05) is 51.5 Å². The smallest absolute Gasteiger partial charge is 0.182 e. The molecule has 0 radical (unpaired) electrons. The number of pyridine rings is 2. The van der Waals surface area contributed by atoms with Crippen molar-refractivity contribution in [2.75, 3.05) is 5.73 Å². The van der Waals surface area contributed by atoms with Crippen molar-refractivity contribution in [2.45, 2.75) is 6.42 Å². The van der Waals surface area contributed by atoms with E-state index in [1.54, 1.807) is 24.7 Å². The summed E-state index contributed by atoms with van der Waals surface area (Å²) in [5.41, 5.74) is 8.58. The van der Waals surface area contributed by atoms with E-state index in [2.05, 4.69) is 24.5 Å². The van der Waals surface area contributed by atoms with E-state index in [1.165, 1.54) is 22.7 Å². The summed E-state index contributed by atoms with van der Waals surface area (Å²) in [5, 5.41) is 0. The summed E-state index contributed by atoms with van der Waals surface area (Å²) in [6, 6.07) is 8.60. The summed E-state index contributed by atoms with van der Waals surface area (Å²) in [6.45, 7) is 0. The van der Waals surface area contributed by atoms with Gasteiger partial charge in [-0.15, -0.1) is 0 Å². The van der Waals surface area contributed by atoms with Crippen LogP contribution in [0.1, 0.15) is 11.4 Å². The summed E-state index contributed by atoms with van der Waals surface area (Å²) in [7, 11) is 0. The minimum absolute atomic E-state index is 0.0535. The van der Waals surface area contributed by atoms with Crippen LogP contribution in [0.15, 0.2) is 61.2 Å². The molecule has 0 saturated heterocycles. The number of halogens is 4. The molecule has 170 valence electrons. The first kappa shape index (κ1) is 22.1. The predicted octanol–water partition coefficient (Wildman–Crippen LogP) is 5.02. The zero-order valence-electron chi connectivity index (χ0n) is 17.5. The van der Waals surface area contributed by atoms with Crippen LogP contribution in [-0.4, -0.2) is 28.9 Å². The molecular weight excluding hydrogens is 556 g/mol. The molecule has 0 atom stereocenters. The Morgan fingerprint density at radius 2 is 1.82 bits per heavy atom. The maximum atomic E-state index is 14.6. The minimum Gasteiger partial charge on any atom is -0.383 e. The molecule has 10 heteroatoms. The highest BCUT2D eigenvalue weighted by Gasteiger charge is 2.20. The van der Waals surface area contributed by atoms with E-state index in [9.17, 15) is 13.2 Å². The van der Waals surface area contributed by atoms with E-state index >= 15 is 0 Å². The topological polar surface area (TPSA) is 82.0 Å². The highest BCUT2D eigenvalue weighted by Crippen LogP contribution is 2.30. The Morgan fingerprint density at radius 1 is 1.00 bits per heavy atom. The van der Waals surface area contributed by atoms with Crippen molar-refractivity contribution >= 4 is 36.6 Å². The number of benzene rings is 1. The summed E-state index contributed by atoms with van der Waals surface area (Å²) >= 11 is -0.991. The van der Waals surface area contributed by atoms with E-state index in [1.807, 2.05) is 6.07 Å². The van der Waals surface area contributed by atoms with Gasteiger partial charge in [0.2, 0.25) is 0 Å². The molecule has 0 bridgehead atoms. The highest BCUT2D eigenvalue weighted by molar-refractivity contribution is 14.2. The zero-order chi connectivity index (χ0) is 23.8. The minimum atomic E-state index is -0.991. The molecule has 6 nitrogen and oxygen atoms in total. The van der Waals surface area contributed by atoms with Gasteiger partial charge < -0.3 is 5.73 Å². The van der Waals surface area contributed by atoms with Crippen LogP contribution in [0, 0.1) is 21.0 Å². The molecule has 5 rings (SSSR count). The van der Waals surface area contributed by atoms with Crippen LogP contribution in [0.4, 0.5) is 19.0 Å². The molecule has 0 amide bonds. The van der Waals surface area contributed by atoms with Crippen LogP contribution in [0.25, 0.3) is 28.2 Å². The van der Waals surface area contributed by atoms with Gasteiger partial charge in [-0.05, 0) is 30.3 Å². The van der Waals surface area contributed by atoms with Gasteiger partial charge in [0.25, 0.3) is 0 Å². The SMILES string of the molecule is C=Ic1c(F)ccc(F)c1Cc1nc(-c2ncc(-c3cccnc3)c(N)n2)c2ccc(F)cn12. The first-order valence-electron chi connectivity index (χ1n) is 10.0. The summed E-state index contributed by atoms with van der Waals surface area (Å²) in [6.07, 6.45) is 6.06. The van der Waals surface area contributed by atoms with Crippen LogP contribution in [0.5, 0.6) is 0 Å². The molecule has 4 aromatic heterocycles. The first-order chi connectivity index (χ1) is 16.5. The molecule has 1 aromatic carbocycles. The molecule has 5 aromatic rings. The number of nitrogen functional groups attached to an aromatic ring is 1. The Kier molecular flexibility index (Phi) is 5.82. The molecule has 0 aliphatic carbocycles. The lowest BCUT2D eigenvalue weighted by Crippen LogP contribution is -2.03. The summed E-state index contributed by atoms with van der Waals surface area (Å²) in [5.74, 6) is -0.807. The maximum absolute atomic E-state index is 14.6. The molecule has 2 N–H and O–H groups in total. The Hall–Kier alpha value is -3.67. The van der Waals surface area contributed by atoms with Crippen molar-refractivity contribution in [3.63, 3.8) is 0 Å². The zero-order valence-corrected chi connectivity index (χ0v) is 19.7. The third kappa shape index (κ3) is 3.94. The number of nitrogens with zero attached hydrogens (tertiary/aromatic N) is 5. The third-order valence-corrected chi connectivity index (χ3v) is 7.21. The Morgan fingerprint density at radius 3 is 2.56 bits per heavy atom. The van der Waals surface area contributed by atoms with Gasteiger partial charge in [-0.25, -0.2) is 28.1 Å². The van der Waals surface area contributed by atoms with Crippen LogP contribution >= 0.6 is 20.7 Å². The molecule has 0 spiro atoms. The lowest BCUT2D eigenvalue weighted by Gasteiger charge is -2.08.